The molecule has 1 heterocycles. The predicted molar refractivity (Wildman–Crippen MR) is 79.5 cm³/mol. The summed E-state index contributed by atoms with van der Waals surface area (Å²) in [7, 11) is 4.17. The van der Waals surface area contributed by atoms with Crippen LogP contribution in [-0.4, -0.2) is 48.8 Å². The highest BCUT2D eigenvalue weighted by molar-refractivity contribution is 5.51. The standard InChI is InChI=1S/C15H22N4O/c1-19(2)12-6-10-16-11-9-14-17-18-15(20-14)13-7-4-3-5-8-13/h3-5,7-8,16H,6,9-12H2,1-2H3. The number of hydrogen-bond acceptors (Lipinski definition) is 5. The molecular weight excluding hydrogens is 252 g/mol. The van der Waals surface area contributed by atoms with Crippen molar-refractivity contribution in [1.82, 2.24) is 20.4 Å². The first-order valence-electron chi connectivity index (χ1n) is 6.99. The Morgan fingerprint density at radius 3 is 2.65 bits per heavy atom. The molecule has 1 aromatic carbocycles. The van der Waals surface area contributed by atoms with Gasteiger partial charge >= 0.3 is 0 Å². The predicted octanol–water partition coefficient (Wildman–Crippen LogP) is 1.82. The van der Waals surface area contributed by atoms with Crippen LogP contribution in [0.5, 0.6) is 0 Å². The SMILES string of the molecule is CN(C)CCCNCCc1nnc(-c2ccccc2)o1. The number of nitrogens with one attached hydrogen (secondary N) is 1. The van der Waals surface area contributed by atoms with Crippen LogP contribution in [0.3, 0.4) is 0 Å². The molecule has 0 saturated carbocycles. The second-order valence-corrected chi connectivity index (χ2v) is 5.02. The molecule has 2 aromatic rings. The third-order valence-corrected chi connectivity index (χ3v) is 2.96. The van der Waals surface area contributed by atoms with Gasteiger partial charge in [0.2, 0.25) is 11.8 Å². The maximum Gasteiger partial charge on any atom is 0.247 e. The Balaban J connectivity index is 1.71. The average Bonchev–Trinajstić information content (AvgIpc) is 2.92. The minimum absolute atomic E-state index is 0.591. The highest BCUT2D eigenvalue weighted by Gasteiger charge is 2.07. The van der Waals surface area contributed by atoms with Crippen LogP contribution in [0.1, 0.15) is 12.3 Å². The Bertz CT molecular complexity index is 496. The smallest absolute Gasteiger partial charge is 0.247 e. The van der Waals surface area contributed by atoms with Crippen molar-refractivity contribution >= 4 is 0 Å². The molecule has 1 aromatic heterocycles. The zero-order valence-electron chi connectivity index (χ0n) is 12.2. The van der Waals surface area contributed by atoms with Gasteiger partial charge in [-0.2, -0.15) is 0 Å². The summed E-state index contributed by atoms with van der Waals surface area (Å²) < 4.78 is 5.64. The van der Waals surface area contributed by atoms with Crippen LogP contribution in [0.4, 0.5) is 0 Å². The largest absolute Gasteiger partial charge is 0.421 e. The number of nitrogens with zero attached hydrogens (tertiary/aromatic N) is 3. The van der Waals surface area contributed by atoms with Gasteiger partial charge in [0, 0.05) is 18.5 Å². The summed E-state index contributed by atoms with van der Waals surface area (Å²) in [6.45, 7) is 2.98. The van der Waals surface area contributed by atoms with Crippen molar-refractivity contribution in [3.05, 3.63) is 36.2 Å². The van der Waals surface area contributed by atoms with Gasteiger partial charge < -0.3 is 14.6 Å². The molecule has 2 rings (SSSR count). The first-order chi connectivity index (χ1) is 9.75. The number of rotatable bonds is 8. The maximum absolute atomic E-state index is 5.64. The monoisotopic (exact) mass is 274 g/mol. The summed E-state index contributed by atoms with van der Waals surface area (Å²) in [4.78, 5) is 2.19. The first kappa shape index (κ1) is 14.7. The van der Waals surface area contributed by atoms with E-state index in [4.69, 9.17) is 4.42 Å². The molecule has 0 saturated heterocycles. The van der Waals surface area contributed by atoms with Crippen LogP contribution in [0.15, 0.2) is 34.7 Å². The lowest BCUT2D eigenvalue weighted by Gasteiger charge is -2.09. The Labute approximate surface area is 120 Å². The molecule has 0 aliphatic heterocycles. The second-order valence-electron chi connectivity index (χ2n) is 5.02. The Morgan fingerprint density at radius 1 is 1.10 bits per heavy atom. The third-order valence-electron chi connectivity index (χ3n) is 2.96. The molecule has 0 aliphatic carbocycles. The summed E-state index contributed by atoms with van der Waals surface area (Å²) in [6.07, 6.45) is 1.91. The van der Waals surface area contributed by atoms with Crippen molar-refractivity contribution in [3.63, 3.8) is 0 Å². The molecular formula is C15H22N4O. The molecule has 20 heavy (non-hydrogen) atoms. The lowest BCUT2D eigenvalue weighted by molar-refractivity contribution is 0.393. The van der Waals surface area contributed by atoms with Crippen molar-refractivity contribution in [3.8, 4) is 11.5 Å². The third kappa shape index (κ3) is 4.75. The summed E-state index contributed by atoms with van der Waals surface area (Å²) in [6, 6.07) is 9.84. The molecule has 0 spiro atoms. The summed E-state index contributed by atoms with van der Waals surface area (Å²) >= 11 is 0. The van der Waals surface area contributed by atoms with Crippen LogP contribution in [0.2, 0.25) is 0 Å². The number of benzene rings is 1. The fourth-order valence-electron chi connectivity index (χ4n) is 1.89. The highest BCUT2D eigenvalue weighted by atomic mass is 16.4. The fourth-order valence-corrected chi connectivity index (χ4v) is 1.89. The van der Waals surface area contributed by atoms with E-state index in [-0.39, 0.29) is 0 Å². The Hall–Kier alpha value is -1.72. The van der Waals surface area contributed by atoms with Crippen molar-refractivity contribution < 1.29 is 4.42 Å². The lowest BCUT2D eigenvalue weighted by atomic mass is 10.2. The van der Waals surface area contributed by atoms with Gasteiger partial charge in [0.05, 0.1) is 0 Å². The summed E-state index contributed by atoms with van der Waals surface area (Å²) in [5.41, 5.74) is 0.963. The molecule has 0 radical (unpaired) electrons. The van der Waals surface area contributed by atoms with Gasteiger partial charge in [0.25, 0.3) is 0 Å². The fraction of sp³-hybridized carbons (Fsp3) is 0.467. The molecule has 0 amide bonds. The van der Waals surface area contributed by atoms with E-state index in [1.54, 1.807) is 0 Å². The quantitative estimate of drug-likeness (QED) is 0.744. The van der Waals surface area contributed by atoms with E-state index in [2.05, 4.69) is 34.5 Å². The minimum atomic E-state index is 0.591. The zero-order valence-corrected chi connectivity index (χ0v) is 12.2. The second kappa shape index (κ2) is 7.77. The van der Waals surface area contributed by atoms with Gasteiger partial charge in [-0.15, -0.1) is 10.2 Å². The normalized spacial score (nSPS) is 11.2. The van der Waals surface area contributed by atoms with Gasteiger partial charge in [0.15, 0.2) is 0 Å². The summed E-state index contributed by atoms with van der Waals surface area (Å²) in [5, 5.41) is 11.5. The first-order valence-corrected chi connectivity index (χ1v) is 6.99. The van der Waals surface area contributed by atoms with Crippen LogP contribution >= 0.6 is 0 Å². The molecule has 0 bridgehead atoms. The molecule has 0 aliphatic rings. The van der Waals surface area contributed by atoms with Gasteiger partial charge in [-0.05, 0) is 45.7 Å². The van der Waals surface area contributed by atoms with E-state index in [0.717, 1.165) is 38.0 Å². The van der Waals surface area contributed by atoms with Crippen molar-refractivity contribution in [1.29, 1.82) is 0 Å². The van der Waals surface area contributed by atoms with Crippen LogP contribution < -0.4 is 5.32 Å². The maximum atomic E-state index is 5.64. The van der Waals surface area contributed by atoms with Gasteiger partial charge in [-0.3, -0.25) is 0 Å². The molecule has 5 nitrogen and oxygen atoms in total. The van der Waals surface area contributed by atoms with Gasteiger partial charge in [-0.25, -0.2) is 0 Å². The highest BCUT2D eigenvalue weighted by Crippen LogP contribution is 2.16. The van der Waals surface area contributed by atoms with Crippen LogP contribution in [-0.2, 0) is 6.42 Å². The molecule has 108 valence electrons. The van der Waals surface area contributed by atoms with Gasteiger partial charge in [-0.1, -0.05) is 18.2 Å². The molecule has 5 heteroatoms. The zero-order chi connectivity index (χ0) is 14.2. The van der Waals surface area contributed by atoms with Crippen molar-refractivity contribution in [2.24, 2.45) is 0 Å². The molecule has 0 atom stereocenters. The number of aromatic nitrogens is 2. The van der Waals surface area contributed by atoms with E-state index >= 15 is 0 Å². The Kier molecular flexibility index (Phi) is 5.70. The van der Waals surface area contributed by atoms with Crippen molar-refractivity contribution in [2.75, 3.05) is 33.7 Å². The minimum Gasteiger partial charge on any atom is -0.421 e. The molecule has 1 N–H and O–H groups in total. The topological polar surface area (TPSA) is 54.2 Å². The van der Waals surface area contributed by atoms with E-state index in [0.29, 0.717) is 11.8 Å². The molecule has 0 unspecified atom stereocenters. The lowest BCUT2D eigenvalue weighted by Crippen LogP contribution is -2.23. The molecule has 0 fully saturated rings. The number of hydrogen-bond donors (Lipinski definition) is 1. The van der Waals surface area contributed by atoms with Gasteiger partial charge in [0.1, 0.15) is 0 Å². The van der Waals surface area contributed by atoms with E-state index in [9.17, 15) is 0 Å². The van der Waals surface area contributed by atoms with Crippen LogP contribution in [0.25, 0.3) is 11.5 Å². The van der Waals surface area contributed by atoms with E-state index in [1.165, 1.54) is 0 Å². The van der Waals surface area contributed by atoms with E-state index in [1.807, 2.05) is 30.3 Å². The Morgan fingerprint density at radius 2 is 1.90 bits per heavy atom. The van der Waals surface area contributed by atoms with Crippen LogP contribution in [0, 0.1) is 0 Å². The van der Waals surface area contributed by atoms with Crippen molar-refractivity contribution in [2.45, 2.75) is 12.8 Å². The average molecular weight is 274 g/mol. The van der Waals surface area contributed by atoms with E-state index < -0.39 is 0 Å². The summed E-state index contributed by atoms with van der Waals surface area (Å²) in [5.74, 6) is 1.28.